The summed E-state index contributed by atoms with van der Waals surface area (Å²) in [5.41, 5.74) is 8.12. The fourth-order valence-corrected chi connectivity index (χ4v) is 5.14. The molecule has 2 nitrogen and oxygen atoms in total. The number of thioether (sulfide) groups is 1. The van der Waals surface area contributed by atoms with Crippen LogP contribution >= 0.6 is 11.8 Å². The summed E-state index contributed by atoms with van der Waals surface area (Å²) in [7, 11) is 0. The summed E-state index contributed by atoms with van der Waals surface area (Å²) in [5, 5.41) is 0. The van der Waals surface area contributed by atoms with Crippen LogP contribution < -0.4 is 5.73 Å². The van der Waals surface area contributed by atoms with Crippen LogP contribution in [0.4, 0.5) is 5.69 Å². The summed E-state index contributed by atoms with van der Waals surface area (Å²) in [4.78, 5) is 2.64. The molecule has 1 heterocycles. The molecule has 1 aromatic carbocycles. The van der Waals surface area contributed by atoms with Gasteiger partial charge >= 0.3 is 0 Å². The van der Waals surface area contributed by atoms with E-state index in [1.165, 1.54) is 56.5 Å². The third-order valence-corrected chi connectivity index (χ3v) is 5.99. The number of hydrogen-bond donors (Lipinski definition) is 1. The summed E-state index contributed by atoms with van der Waals surface area (Å²) in [5.74, 6) is 1.29. The molecule has 1 aromatic rings. The van der Waals surface area contributed by atoms with Crippen molar-refractivity contribution in [1.82, 2.24) is 4.90 Å². The number of nitrogens with two attached hydrogens (primary N) is 1. The Labute approximate surface area is 120 Å². The van der Waals surface area contributed by atoms with Crippen molar-refractivity contribution in [2.45, 2.75) is 43.4 Å². The molecule has 0 unspecified atom stereocenters. The molecular formula is C16H24N2S. The molecule has 0 bridgehead atoms. The van der Waals surface area contributed by atoms with Gasteiger partial charge in [0, 0.05) is 35.8 Å². The zero-order chi connectivity index (χ0) is 13.1. The van der Waals surface area contributed by atoms with Gasteiger partial charge in [-0.1, -0.05) is 31.4 Å². The van der Waals surface area contributed by atoms with E-state index in [9.17, 15) is 0 Å². The van der Waals surface area contributed by atoms with Gasteiger partial charge in [0.25, 0.3) is 0 Å². The van der Waals surface area contributed by atoms with Crippen molar-refractivity contribution in [2.75, 3.05) is 24.6 Å². The van der Waals surface area contributed by atoms with Crippen molar-refractivity contribution >= 4 is 17.4 Å². The molecule has 1 spiro atoms. The van der Waals surface area contributed by atoms with Crippen LogP contribution in [0.3, 0.4) is 0 Å². The van der Waals surface area contributed by atoms with Crippen LogP contribution in [0.15, 0.2) is 24.3 Å². The summed E-state index contributed by atoms with van der Waals surface area (Å²) < 4.78 is 0.566. The van der Waals surface area contributed by atoms with Crippen molar-refractivity contribution in [3.05, 3.63) is 29.8 Å². The lowest BCUT2D eigenvalue weighted by Gasteiger charge is -2.44. The van der Waals surface area contributed by atoms with Crippen LogP contribution in [0.25, 0.3) is 0 Å². The van der Waals surface area contributed by atoms with Gasteiger partial charge in [0.2, 0.25) is 0 Å². The third kappa shape index (κ3) is 3.26. The number of anilines is 1. The molecule has 3 rings (SSSR count). The smallest absolute Gasteiger partial charge is 0.0317 e. The molecule has 104 valence electrons. The maximum absolute atomic E-state index is 5.88. The van der Waals surface area contributed by atoms with Gasteiger partial charge in [-0.25, -0.2) is 0 Å². The van der Waals surface area contributed by atoms with E-state index in [0.29, 0.717) is 4.75 Å². The fraction of sp³-hybridized carbons (Fsp3) is 0.625. The number of hydrogen-bond acceptors (Lipinski definition) is 3. The summed E-state index contributed by atoms with van der Waals surface area (Å²) in [6, 6.07) is 8.36. The van der Waals surface area contributed by atoms with Crippen molar-refractivity contribution < 1.29 is 0 Å². The molecule has 2 N–H and O–H groups in total. The predicted molar refractivity (Wildman–Crippen MR) is 84.4 cm³/mol. The molecule has 0 amide bonds. The van der Waals surface area contributed by atoms with E-state index in [2.05, 4.69) is 34.9 Å². The van der Waals surface area contributed by atoms with Crippen molar-refractivity contribution in [3.63, 3.8) is 0 Å². The second kappa shape index (κ2) is 5.76. The first kappa shape index (κ1) is 13.3. The molecule has 1 aliphatic heterocycles. The number of nitrogen functional groups attached to an aromatic ring is 1. The van der Waals surface area contributed by atoms with Gasteiger partial charge in [-0.15, -0.1) is 0 Å². The zero-order valence-electron chi connectivity index (χ0n) is 11.6. The molecule has 2 aliphatic rings. The van der Waals surface area contributed by atoms with Crippen LogP contribution in [0.5, 0.6) is 0 Å². The standard InChI is InChI=1S/C16H24N2S/c17-15-6-4-5-14(11-15)12-18-9-10-19-16(13-18)7-2-1-3-8-16/h4-6,11H,1-3,7-10,12-13,17H2. The Balaban J connectivity index is 1.65. The quantitative estimate of drug-likeness (QED) is 0.838. The van der Waals surface area contributed by atoms with E-state index in [4.69, 9.17) is 5.73 Å². The summed E-state index contributed by atoms with van der Waals surface area (Å²) >= 11 is 2.24. The van der Waals surface area contributed by atoms with Gasteiger partial charge in [0.05, 0.1) is 0 Å². The number of rotatable bonds is 2. The highest BCUT2D eigenvalue weighted by Crippen LogP contribution is 2.42. The largest absolute Gasteiger partial charge is 0.399 e. The average molecular weight is 276 g/mol. The minimum absolute atomic E-state index is 0.566. The molecule has 1 saturated carbocycles. The Hall–Kier alpha value is -0.670. The average Bonchev–Trinajstić information content (AvgIpc) is 2.40. The molecule has 0 atom stereocenters. The Kier molecular flexibility index (Phi) is 4.04. The van der Waals surface area contributed by atoms with E-state index in [1.807, 2.05) is 6.07 Å². The number of nitrogens with zero attached hydrogens (tertiary/aromatic N) is 1. The summed E-state index contributed by atoms with van der Waals surface area (Å²) in [6.45, 7) is 3.56. The van der Waals surface area contributed by atoms with Gasteiger partial charge in [-0.2, -0.15) is 11.8 Å². The third-order valence-electron chi connectivity index (χ3n) is 4.45. The normalized spacial score (nSPS) is 23.6. The van der Waals surface area contributed by atoms with E-state index in [1.54, 1.807) is 0 Å². The van der Waals surface area contributed by atoms with Crippen LogP contribution in [0.2, 0.25) is 0 Å². The SMILES string of the molecule is Nc1cccc(CN2CCSC3(CCCCC3)C2)c1. The molecule has 1 aliphatic carbocycles. The molecule has 19 heavy (non-hydrogen) atoms. The second-order valence-corrected chi connectivity index (χ2v) is 7.61. The monoisotopic (exact) mass is 276 g/mol. The lowest BCUT2D eigenvalue weighted by atomic mass is 9.87. The van der Waals surface area contributed by atoms with E-state index >= 15 is 0 Å². The van der Waals surface area contributed by atoms with Gasteiger partial charge in [-0.3, -0.25) is 4.90 Å². The Morgan fingerprint density at radius 1 is 1.21 bits per heavy atom. The Bertz CT molecular complexity index is 421. The summed E-state index contributed by atoms with van der Waals surface area (Å²) in [6.07, 6.45) is 7.14. The fourth-order valence-electron chi connectivity index (χ4n) is 3.51. The van der Waals surface area contributed by atoms with E-state index < -0.39 is 0 Å². The van der Waals surface area contributed by atoms with Gasteiger partial charge in [-0.05, 0) is 30.5 Å². The number of benzene rings is 1. The van der Waals surface area contributed by atoms with Crippen molar-refractivity contribution in [2.24, 2.45) is 0 Å². The topological polar surface area (TPSA) is 29.3 Å². The first-order chi connectivity index (χ1) is 9.26. The highest BCUT2D eigenvalue weighted by Gasteiger charge is 2.36. The van der Waals surface area contributed by atoms with Crippen LogP contribution in [-0.4, -0.2) is 28.5 Å². The Morgan fingerprint density at radius 3 is 2.84 bits per heavy atom. The van der Waals surface area contributed by atoms with Crippen LogP contribution in [0.1, 0.15) is 37.7 Å². The minimum atomic E-state index is 0.566. The van der Waals surface area contributed by atoms with Gasteiger partial charge in [0.1, 0.15) is 0 Å². The van der Waals surface area contributed by atoms with E-state index in [-0.39, 0.29) is 0 Å². The van der Waals surface area contributed by atoms with Gasteiger partial charge < -0.3 is 5.73 Å². The predicted octanol–water partition coefficient (Wildman–Crippen LogP) is 3.52. The molecule has 0 radical (unpaired) electrons. The van der Waals surface area contributed by atoms with Crippen LogP contribution in [-0.2, 0) is 6.54 Å². The molecular weight excluding hydrogens is 252 g/mol. The molecule has 2 fully saturated rings. The lowest BCUT2D eigenvalue weighted by molar-refractivity contribution is 0.212. The maximum Gasteiger partial charge on any atom is 0.0317 e. The lowest BCUT2D eigenvalue weighted by Crippen LogP contribution is -2.47. The maximum atomic E-state index is 5.88. The first-order valence-electron chi connectivity index (χ1n) is 7.47. The highest BCUT2D eigenvalue weighted by molar-refractivity contribution is 8.00. The second-order valence-electron chi connectivity index (χ2n) is 6.05. The van der Waals surface area contributed by atoms with Gasteiger partial charge in [0.15, 0.2) is 0 Å². The molecule has 0 aromatic heterocycles. The van der Waals surface area contributed by atoms with E-state index in [0.717, 1.165) is 12.2 Å². The van der Waals surface area contributed by atoms with Crippen molar-refractivity contribution in [1.29, 1.82) is 0 Å². The zero-order valence-corrected chi connectivity index (χ0v) is 12.4. The minimum Gasteiger partial charge on any atom is -0.399 e. The molecule has 1 saturated heterocycles. The van der Waals surface area contributed by atoms with Crippen LogP contribution in [0, 0.1) is 0 Å². The first-order valence-corrected chi connectivity index (χ1v) is 8.45. The highest BCUT2D eigenvalue weighted by atomic mass is 32.2. The molecule has 3 heteroatoms. The Morgan fingerprint density at radius 2 is 2.05 bits per heavy atom. The van der Waals surface area contributed by atoms with Crippen molar-refractivity contribution in [3.8, 4) is 0 Å².